The smallest absolute Gasteiger partial charge is 0.338 e. The van der Waals surface area contributed by atoms with Crippen molar-refractivity contribution in [2.45, 2.75) is 31.8 Å². The molecular formula is C13H15ClO4. The van der Waals surface area contributed by atoms with Crippen LogP contribution in [-0.2, 0) is 19.0 Å². The number of methoxy groups -OCH3 is 1. The first-order chi connectivity index (χ1) is 8.44. The highest BCUT2D eigenvalue weighted by atomic mass is 35.5. The summed E-state index contributed by atoms with van der Waals surface area (Å²) in [6.45, 7) is 3.50. The van der Waals surface area contributed by atoms with E-state index in [0.29, 0.717) is 5.02 Å². The molecule has 1 fully saturated rings. The lowest BCUT2D eigenvalue weighted by atomic mass is 10.0. The topological polar surface area (TPSA) is 44.8 Å². The third-order valence-corrected chi connectivity index (χ3v) is 3.09. The van der Waals surface area contributed by atoms with Gasteiger partial charge in [-0.05, 0) is 19.9 Å². The van der Waals surface area contributed by atoms with E-state index in [1.165, 1.54) is 7.11 Å². The van der Waals surface area contributed by atoms with Crippen LogP contribution in [0.2, 0.25) is 5.02 Å². The fourth-order valence-electron chi connectivity index (χ4n) is 1.98. The number of carbonyl (C=O) groups excluding carboxylic acids is 1. The summed E-state index contributed by atoms with van der Waals surface area (Å²) >= 11 is 6.12. The summed E-state index contributed by atoms with van der Waals surface area (Å²) in [5, 5.41) is 0.540. The van der Waals surface area contributed by atoms with Crippen LogP contribution in [0.5, 0.6) is 0 Å². The van der Waals surface area contributed by atoms with Gasteiger partial charge < -0.3 is 14.2 Å². The van der Waals surface area contributed by atoms with Crippen molar-refractivity contribution in [3.63, 3.8) is 0 Å². The van der Waals surface area contributed by atoms with Gasteiger partial charge in [0, 0.05) is 10.6 Å². The average Bonchev–Trinajstić information content (AvgIpc) is 2.65. The molecular weight excluding hydrogens is 256 g/mol. The highest BCUT2D eigenvalue weighted by molar-refractivity contribution is 6.31. The maximum atomic E-state index is 11.7. The Bertz CT molecular complexity index is 458. The molecule has 0 bridgehead atoms. The van der Waals surface area contributed by atoms with Crippen LogP contribution in [0.4, 0.5) is 0 Å². The van der Waals surface area contributed by atoms with Crippen LogP contribution >= 0.6 is 11.6 Å². The zero-order valence-corrected chi connectivity index (χ0v) is 11.2. The molecule has 98 valence electrons. The first-order valence-electron chi connectivity index (χ1n) is 5.62. The van der Waals surface area contributed by atoms with E-state index in [-0.39, 0.29) is 0 Å². The normalized spacial score (nSPS) is 26.0. The van der Waals surface area contributed by atoms with Crippen LogP contribution in [0.3, 0.4) is 0 Å². The van der Waals surface area contributed by atoms with E-state index < -0.39 is 24.0 Å². The molecule has 0 amide bonds. The lowest BCUT2D eigenvalue weighted by Gasteiger charge is -2.17. The van der Waals surface area contributed by atoms with Crippen LogP contribution in [0.1, 0.15) is 25.5 Å². The summed E-state index contributed by atoms with van der Waals surface area (Å²) in [4.78, 5) is 11.7. The van der Waals surface area contributed by atoms with Gasteiger partial charge in [0.05, 0.1) is 7.11 Å². The number of halogens is 1. The lowest BCUT2D eigenvalue weighted by molar-refractivity contribution is -0.168. The maximum Gasteiger partial charge on any atom is 0.338 e. The molecule has 0 spiro atoms. The van der Waals surface area contributed by atoms with Gasteiger partial charge in [-0.1, -0.05) is 29.8 Å². The van der Waals surface area contributed by atoms with Crippen molar-refractivity contribution in [2.24, 2.45) is 0 Å². The van der Waals surface area contributed by atoms with Gasteiger partial charge in [0.2, 0.25) is 0 Å². The lowest BCUT2D eigenvalue weighted by Crippen LogP contribution is -2.29. The molecule has 1 aromatic carbocycles. The fraction of sp³-hybridized carbons (Fsp3) is 0.462. The summed E-state index contributed by atoms with van der Waals surface area (Å²) in [6, 6.07) is 7.22. The predicted octanol–water partition coefficient (Wildman–Crippen LogP) is 2.71. The van der Waals surface area contributed by atoms with E-state index >= 15 is 0 Å². The molecule has 0 N–H and O–H groups in total. The minimum Gasteiger partial charge on any atom is -0.467 e. The molecule has 0 aliphatic carbocycles. The first-order valence-corrected chi connectivity index (χ1v) is 6.00. The number of rotatable bonds is 2. The summed E-state index contributed by atoms with van der Waals surface area (Å²) in [5.41, 5.74) is 0.722. The summed E-state index contributed by atoms with van der Waals surface area (Å²) in [5.74, 6) is -1.31. The summed E-state index contributed by atoms with van der Waals surface area (Å²) in [6.07, 6.45) is -1.36. The summed E-state index contributed by atoms with van der Waals surface area (Å²) < 4.78 is 16.0. The van der Waals surface area contributed by atoms with Crippen LogP contribution in [-0.4, -0.2) is 25.0 Å². The monoisotopic (exact) mass is 270 g/mol. The molecule has 1 aliphatic heterocycles. The molecule has 0 saturated carbocycles. The van der Waals surface area contributed by atoms with Gasteiger partial charge in [-0.15, -0.1) is 0 Å². The minimum atomic E-state index is -0.845. The van der Waals surface area contributed by atoms with Crippen LogP contribution in [0.25, 0.3) is 0 Å². The van der Waals surface area contributed by atoms with E-state index in [0.717, 1.165) is 5.56 Å². The third kappa shape index (κ3) is 2.51. The molecule has 5 heteroatoms. The van der Waals surface area contributed by atoms with E-state index in [2.05, 4.69) is 0 Å². The highest BCUT2D eigenvalue weighted by Gasteiger charge is 2.47. The van der Waals surface area contributed by atoms with E-state index in [9.17, 15) is 4.79 Å². The molecule has 2 atom stereocenters. The van der Waals surface area contributed by atoms with Gasteiger partial charge in [0.25, 0.3) is 0 Å². The molecule has 0 aromatic heterocycles. The van der Waals surface area contributed by atoms with Crippen molar-refractivity contribution < 1.29 is 19.0 Å². The van der Waals surface area contributed by atoms with Gasteiger partial charge in [-0.25, -0.2) is 4.79 Å². The first kappa shape index (κ1) is 13.3. The Morgan fingerprint density at radius 2 is 2.00 bits per heavy atom. The van der Waals surface area contributed by atoms with Gasteiger partial charge in [0.1, 0.15) is 6.10 Å². The van der Waals surface area contributed by atoms with Crippen LogP contribution in [0, 0.1) is 0 Å². The van der Waals surface area contributed by atoms with Crippen LogP contribution in [0.15, 0.2) is 24.3 Å². The second kappa shape index (κ2) is 4.88. The molecule has 4 nitrogen and oxygen atoms in total. The number of ether oxygens (including phenoxy) is 3. The van der Waals surface area contributed by atoms with Crippen molar-refractivity contribution in [1.82, 2.24) is 0 Å². The van der Waals surface area contributed by atoms with Crippen molar-refractivity contribution in [3.8, 4) is 0 Å². The number of esters is 1. The van der Waals surface area contributed by atoms with Gasteiger partial charge in [-0.2, -0.15) is 0 Å². The van der Waals surface area contributed by atoms with E-state index in [1.54, 1.807) is 19.9 Å². The molecule has 2 unspecified atom stereocenters. The van der Waals surface area contributed by atoms with Crippen molar-refractivity contribution in [3.05, 3.63) is 34.9 Å². The second-order valence-corrected chi connectivity index (χ2v) is 4.93. The zero-order valence-electron chi connectivity index (χ0n) is 10.5. The van der Waals surface area contributed by atoms with Gasteiger partial charge in [0.15, 0.2) is 11.9 Å². The molecule has 0 radical (unpaired) electrons. The second-order valence-electron chi connectivity index (χ2n) is 4.52. The van der Waals surface area contributed by atoms with Gasteiger partial charge in [-0.3, -0.25) is 0 Å². The Hall–Kier alpha value is -1.10. The Morgan fingerprint density at radius 3 is 2.61 bits per heavy atom. The average molecular weight is 271 g/mol. The van der Waals surface area contributed by atoms with Crippen molar-refractivity contribution in [2.75, 3.05) is 7.11 Å². The Labute approximate surface area is 111 Å². The molecule has 1 aromatic rings. The highest BCUT2D eigenvalue weighted by Crippen LogP contribution is 2.40. The van der Waals surface area contributed by atoms with E-state index in [4.69, 9.17) is 25.8 Å². The Kier molecular flexibility index (Phi) is 3.61. The predicted molar refractivity (Wildman–Crippen MR) is 66.2 cm³/mol. The molecule has 2 rings (SSSR count). The van der Waals surface area contributed by atoms with E-state index in [1.807, 2.05) is 18.2 Å². The SMILES string of the molecule is COC(=O)C1OC(C)(C)OC1c1ccccc1Cl. The van der Waals surface area contributed by atoms with Crippen molar-refractivity contribution in [1.29, 1.82) is 0 Å². The maximum absolute atomic E-state index is 11.7. The number of carbonyl (C=O) groups is 1. The molecule has 18 heavy (non-hydrogen) atoms. The van der Waals surface area contributed by atoms with Crippen molar-refractivity contribution >= 4 is 17.6 Å². The summed E-state index contributed by atoms with van der Waals surface area (Å²) in [7, 11) is 1.32. The molecule has 1 heterocycles. The standard InChI is InChI=1S/C13H15ClO4/c1-13(2)17-10(11(18-13)12(15)16-3)8-6-4-5-7-9(8)14/h4-7,10-11H,1-3H3. The number of benzene rings is 1. The fourth-order valence-corrected chi connectivity index (χ4v) is 2.23. The Balaban J connectivity index is 2.35. The minimum absolute atomic E-state index is 0.467. The molecule has 1 aliphatic rings. The quantitative estimate of drug-likeness (QED) is 0.775. The number of hydrogen-bond donors (Lipinski definition) is 0. The van der Waals surface area contributed by atoms with Gasteiger partial charge >= 0.3 is 5.97 Å². The van der Waals surface area contributed by atoms with Crippen LogP contribution < -0.4 is 0 Å². The Morgan fingerprint density at radius 1 is 1.33 bits per heavy atom. The molecule has 1 saturated heterocycles. The number of hydrogen-bond acceptors (Lipinski definition) is 4. The third-order valence-electron chi connectivity index (χ3n) is 2.74. The zero-order chi connectivity index (χ0) is 13.3. The largest absolute Gasteiger partial charge is 0.467 e.